The summed E-state index contributed by atoms with van der Waals surface area (Å²) in [5, 5.41) is 30.5. The van der Waals surface area contributed by atoms with Crippen LogP contribution in [0.3, 0.4) is 0 Å². The van der Waals surface area contributed by atoms with Crippen molar-refractivity contribution in [2.24, 2.45) is 0 Å². The van der Waals surface area contributed by atoms with Crippen LogP contribution in [-0.4, -0.2) is 30.1 Å². The summed E-state index contributed by atoms with van der Waals surface area (Å²) in [5.41, 5.74) is 2.36. The molecule has 2 aromatic rings. The van der Waals surface area contributed by atoms with Crippen LogP contribution in [0.1, 0.15) is 39.2 Å². The molecule has 2 aromatic heterocycles. The molecule has 0 radical (unpaired) electrons. The van der Waals surface area contributed by atoms with Crippen LogP contribution < -0.4 is 0 Å². The molecule has 0 fully saturated rings. The van der Waals surface area contributed by atoms with E-state index in [1.807, 2.05) is 26.0 Å². The van der Waals surface area contributed by atoms with Gasteiger partial charge in [0, 0.05) is 18.0 Å². The first kappa shape index (κ1) is 16.3. The first-order chi connectivity index (χ1) is 9.38. The van der Waals surface area contributed by atoms with Crippen molar-refractivity contribution >= 4 is 0 Å². The molecule has 2 rings (SSSR count). The van der Waals surface area contributed by atoms with E-state index in [-0.39, 0.29) is 0 Å². The summed E-state index contributed by atoms with van der Waals surface area (Å²) >= 11 is 0. The summed E-state index contributed by atoms with van der Waals surface area (Å²) in [6.07, 6.45) is 1.48. The predicted molar refractivity (Wildman–Crippen MR) is 75.5 cm³/mol. The molecule has 0 saturated carbocycles. The second kappa shape index (κ2) is 6.60. The van der Waals surface area contributed by atoms with Gasteiger partial charge in [0.25, 0.3) is 0 Å². The molecule has 20 heavy (non-hydrogen) atoms. The van der Waals surface area contributed by atoms with Gasteiger partial charge < -0.3 is 15.3 Å². The van der Waals surface area contributed by atoms with Gasteiger partial charge in [-0.05, 0) is 17.5 Å². The zero-order chi connectivity index (χ0) is 15.3. The van der Waals surface area contributed by atoms with Gasteiger partial charge >= 0.3 is 6.10 Å². The molecule has 0 aromatic carbocycles. The van der Waals surface area contributed by atoms with Gasteiger partial charge in [-0.2, -0.15) is 9.78 Å². The normalized spacial score (nSPS) is 11.2. The highest BCUT2D eigenvalue weighted by Crippen LogP contribution is 2.20. The van der Waals surface area contributed by atoms with Crippen molar-refractivity contribution in [3.63, 3.8) is 0 Å². The summed E-state index contributed by atoms with van der Waals surface area (Å²) in [5.74, 6) is 0.397. The van der Waals surface area contributed by atoms with Crippen molar-refractivity contribution in [3.05, 3.63) is 36.3 Å². The predicted octanol–water partition coefficient (Wildman–Crippen LogP) is 1.64. The van der Waals surface area contributed by atoms with Crippen LogP contribution >= 0.6 is 0 Å². The Balaban J connectivity index is 0.000000956. The lowest BCUT2D eigenvalue weighted by atomic mass is 10.1. The Morgan fingerprint density at radius 3 is 2.15 bits per heavy atom. The fourth-order valence-corrected chi connectivity index (χ4v) is 1.54. The molecule has 0 aliphatic carbocycles. The van der Waals surface area contributed by atoms with Gasteiger partial charge in [-0.3, -0.25) is 4.98 Å². The SMILES string of the molecule is CC.CC(C)c1ccc(-c2cnn(C(O)(O)O)c2)nc1. The molecular formula is C14H21N3O3. The fraction of sp³-hybridized carbons (Fsp3) is 0.429. The number of nitrogens with zero attached hydrogens (tertiary/aromatic N) is 3. The van der Waals surface area contributed by atoms with E-state index < -0.39 is 6.10 Å². The zero-order valence-corrected chi connectivity index (χ0v) is 12.1. The Morgan fingerprint density at radius 2 is 1.75 bits per heavy atom. The molecule has 3 N–H and O–H groups in total. The van der Waals surface area contributed by atoms with E-state index in [0.29, 0.717) is 21.9 Å². The van der Waals surface area contributed by atoms with Crippen LogP contribution in [0.4, 0.5) is 0 Å². The monoisotopic (exact) mass is 279 g/mol. The lowest BCUT2D eigenvalue weighted by molar-refractivity contribution is -0.380. The lowest BCUT2D eigenvalue weighted by Gasteiger charge is -2.12. The lowest BCUT2D eigenvalue weighted by Crippen LogP contribution is -2.32. The number of rotatable bonds is 3. The molecule has 110 valence electrons. The second-order valence-electron chi connectivity index (χ2n) is 4.41. The van der Waals surface area contributed by atoms with Gasteiger partial charge in [0.2, 0.25) is 0 Å². The third-order valence-electron chi connectivity index (χ3n) is 2.64. The zero-order valence-electron chi connectivity index (χ0n) is 12.1. The van der Waals surface area contributed by atoms with E-state index in [0.717, 1.165) is 5.56 Å². The summed E-state index contributed by atoms with van der Waals surface area (Å²) in [4.78, 5) is 4.27. The second-order valence-corrected chi connectivity index (χ2v) is 4.41. The quantitative estimate of drug-likeness (QED) is 0.743. The van der Waals surface area contributed by atoms with Crippen molar-refractivity contribution in [1.29, 1.82) is 0 Å². The van der Waals surface area contributed by atoms with Crippen LogP contribution in [0.25, 0.3) is 11.3 Å². The minimum Gasteiger partial charge on any atom is -0.324 e. The molecule has 6 heteroatoms. The van der Waals surface area contributed by atoms with Crippen LogP contribution in [0.2, 0.25) is 0 Å². The van der Waals surface area contributed by atoms with E-state index in [1.165, 1.54) is 12.4 Å². The van der Waals surface area contributed by atoms with Crippen LogP contribution in [0, 0.1) is 0 Å². The molecule has 2 heterocycles. The van der Waals surface area contributed by atoms with Crippen LogP contribution in [-0.2, 0) is 6.10 Å². The number of hydrogen-bond acceptors (Lipinski definition) is 5. The highest BCUT2D eigenvalue weighted by Gasteiger charge is 2.22. The summed E-state index contributed by atoms with van der Waals surface area (Å²) in [7, 11) is 0. The van der Waals surface area contributed by atoms with Gasteiger partial charge in [-0.1, -0.05) is 33.8 Å². The van der Waals surface area contributed by atoms with Gasteiger partial charge in [-0.15, -0.1) is 0 Å². The first-order valence-corrected chi connectivity index (χ1v) is 6.56. The van der Waals surface area contributed by atoms with Crippen LogP contribution in [0.15, 0.2) is 30.7 Å². The Morgan fingerprint density at radius 1 is 1.10 bits per heavy atom. The minimum atomic E-state index is -2.99. The molecule has 0 aliphatic rings. The highest BCUT2D eigenvalue weighted by molar-refractivity contribution is 5.56. The molecule has 6 nitrogen and oxygen atoms in total. The molecule has 0 saturated heterocycles. The molecule has 0 spiro atoms. The summed E-state index contributed by atoms with van der Waals surface area (Å²) in [6, 6.07) is 3.78. The minimum absolute atomic E-state index is 0.397. The third-order valence-corrected chi connectivity index (χ3v) is 2.64. The number of aromatic nitrogens is 3. The van der Waals surface area contributed by atoms with E-state index in [9.17, 15) is 0 Å². The Kier molecular flexibility index (Phi) is 5.38. The maximum Gasteiger partial charge on any atom is 0.389 e. The number of hydrogen-bond donors (Lipinski definition) is 3. The molecule has 0 atom stereocenters. The first-order valence-electron chi connectivity index (χ1n) is 6.56. The van der Waals surface area contributed by atoms with Crippen molar-refractivity contribution in [2.75, 3.05) is 0 Å². The highest BCUT2D eigenvalue weighted by atomic mass is 16.7. The van der Waals surface area contributed by atoms with Crippen molar-refractivity contribution < 1.29 is 15.3 Å². The maximum absolute atomic E-state index is 8.96. The van der Waals surface area contributed by atoms with Crippen LogP contribution in [0.5, 0.6) is 0 Å². The number of aliphatic hydroxyl groups is 3. The average molecular weight is 279 g/mol. The largest absolute Gasteiger partial charge is 0.389 e. The molecule has 0 aliphatic heterocycles. The Labute approximate surface area is 118 Å². The average Bonchev–Trinajstić information content (AvgIpc) is 2.91. The van der Waals surface area contributed by atoms with Gasteiger partial charge in [0.15, 0.2) is 0 Å². The standard InChI is InChI=1S/C12H15N3O3.C2H6/c1-8(2)9-3-4-11(13-5-9)10-6-14-15(7-10)12(16,17)18;1-2/h3-8,16-18H,1-2H3;1-2H3. The Bertz CT molecular complexity index is 527. The molecule has 0 bridgehead atoms. The van der Waals surface area contributed by atoms with Gasteiger partial charge in [0.1, 0.15) is 0 Å². The topological polar surface area (TPSA) is 91.4 Å². The number of pyridine rings is 1. The Hall–Kier alpha value is -1.76. The van der Waals surface area contributed by atoms with Gasteiger partial charge in [-0.25, -0.2) is 0 Å². The third kappa shape index (κ3) is 3.86. The maximum atomic E-state index is 8.96. The molecular weight excluding hydrogens is 258 g/mol. The van der Waals surface area contributed by atoms with Crippen molar-refractivity contribution in [3.8, 4) is 11.3 Å². The van der Waals surface area contributed by atoms with E-state index >= 15 is 0 Å². The summed E-state index contributed by atoms with van der Waals surface area (Å²) in [6.45, 7) is 8.15. The fourth-order valence-electron chi connectivity index (χ4n) is 1.54. The van der Waals surface area contributed by atoms with Gasteiger partial charge in [0.05, 0.1) is 11.9 Å². The van der Waals surface area contributed by atoms with E-state index in [1.54, 1.807) is 6.20 Å². The summed E-state index contributed by atoms with van der Waals surface area (Å²) < 4.78 is 0.639. The van der Waals surface area contributed by atoms with E-state index in [2.05, 4.69) is 23.9 Å². The molecule has 0 amide bonds. The van der Waals surface area contributed by atoms with E-state index in [4.69, 9.17) is 15.3 Å². The van der Waals surface area contributed by atoms with Crippen molar-refractivity contribution in [2.45, 2.75) is 39.7 Å². The van der Waals surface area contributed by atoms with Crippen molar-refractivity contribution in [1.82, 2.24) is 14.8 Å². The smallest absolute Gasteiger partial charge is 0.324 e. The molecule has 0 unspecified atom stereocenters.